The Balaban J connectivity index is 1.70. The molecular weight excluding hydrogens is 440 g/mol. The summed E-state index contributed by atoms with van der Waals surface area (Å²) in [7, 11) is 0. The van der Waals surface area contributed by atoms with Crippen molar-refractivity contribution in [2.24, 2.45) is 5.16 Å². The number of hydrogen-bond acceptors (Lipinski definition) is 4. The fourth-order valence-corrected chi connectivity index (χ4v) is 4.27. The van der Waals surface area contributed by atoms with E-state index in [0.717, 1.165) is 27.8 Å². The number of aromatic carboxylic acids is 1. The summed E-state index contributed by atoms with van der Waals surface area (Å²) in [6.45, 7) is 3.78. The van der Waals surface area contributed by atoms with Crippen molar-refractivity contribution in [2.45, 2.75) is 26.2 Å². The van der Waals surface area contributed by atoms with Gasteiger partial charge in [-0.2, -0.15) is 0 Å². The second-order valence-corrected chi connectivity index (χ2v) is 8.56. The third-order valence-electron chi connectivity index (χ3n) is 6.28. The maximum absolute atomic E-state index is 11.8. The maximum atomic E-state index is 11.8. The van der Waals surface area contributed by atoms with Crippen molar-refractivity contribution < 1.29 is 15.1 Å². The van der Waals surface area contributed by atoms with E-state index in [2.05, 4.69) is 29.2 Å². The lowest BCUT2D eigenvalue weighted by atomic mass is 9.83. The largest absolute Gasteiger partial charge is 0.478 e. The zero-order valence-electron chi connectivity index (χ0n) is 19.5. The molecule has 0 saturated carbocycles. The van der Waals surface area contributed by atoms with Crippen LogP contribution in [0.25, 0.3) is 11.1 Å². The number of H-pyrrole nitrogens is 1. The molecule has 0 aliphatic heterocycles. The standard InChI is InChI=1S/C29H26N2O4/c1-18-5-3-4-6-25(18)26(16-27(31-35)24-15-19(2)28(32)30-17-24)22-11-7-20(8-12-22)21-9-13-23(14-10-21)29(33)34/h3-15,17,26,35H,16H2,1-2H3,(H,30,32)(H,33,34)/b31-27+. The molecule has 3 N–H and O–H groups in total. The predicted molar refractivity (Wildman–Crippen MR) is 137 cm³/mol. The Bertz CT molecular complexity index is 1440. The normalized spacial score (nSPS) is 12.3. The third kappa shape index (κ3) is 5.22. The van der Waals surface area contributed by atoms with Crippen LogP contribution in [0.3, 0.4) is 0 Å². The summed E-state index contributed by atoms with van der Waals surface area (Å²) in [6, 6.07) is 24.7. The zero-order chi connectivity index (χ0) is 24.9. The van der Waals surface area contributed by atoms with Gasteiger partial charge >= 0.3 is 5.97 Å². The molecule has 1 heterocycles. The Morgan fingerprint density at radius 2 is 1.51 bits per heavy atom. The summed E-state index contributed by atoms with van der Waals surface area (Å²) < 4.78 is 0. The zero-order valence-corrected chi connectivity index (χ0v) is 19.5. The number of nitrogens with one attached hydrogen (secondary N) is 1. The lowest BCUT2D eigenvalue weighted by Crippen LogP contribution is -2.15. The van der Waals surface area contributed by atoms with E-state index in [9.17, 15) is 14.8 Å². The highest BCUT2D eigenvalue weighted by molar-refractivity contribution is 6.00. The van der Waals surface area contributed by atoms with Gasteiger partial charge in [-0.15, -0.1) is 0 Å². The van der Waals surface area contributed by atoms with Crippen molar-refractivity contribution in [3.05, 3.63) is 129 Å². The van der Waals surface area contributed by atoms with E-state index in [4.69, 9.17) is 5.11 Å². The first-order valence-corrected chi connectivity index (χ1v) is 11.3. The van der Waals surface area contributed by atoms with E-state index < -0.39 is 5.97 Å². The first-order chi connectivity index (χ1) is 16.9. The van der Waals surface area contributed by atoms with Gasteiger partial charge < -0.3 is 15.3 Å². The van der Waals surface area contributed by atoms with Crippen LogP contribution < -0.4 is 5.56 Å². The predicted octanol–water partition coefficient (Wildman–Crippen LogP) is 5.76. The van der Waals surface area contributed by atoms with Gasteiger partial charge in [0.1, 0.15) is 0 Å². The number of carboxylic acid groups (broad SMARTS) is 1. The quantitative estimate of drug-likeness (QED) is 0.183. The Morgan fingerprint density at radius 3 is 2.09 bits per heavy atom. The van der Waals surface area contributed by atoms with Crippen LogP contribution in [0, 0.1) is 13.8 Å². The van der Waals surface area contributed by atoms with E-state index in [1.807, 2.05) is 36.4 Å². The molecule has 35 heavy (non-hydrogen) atoms. The number of aryl methyl sites for hydroxylation is 2. The number of benzene rings is 3. The van der Waals surface area contributed by atoms with E-state index in [0.29, 0.717) is 23.3 Å². The van der Waals surface area contributed by atoms with Gasteiger partial charge in [-0.1, -0.05) is 65.8 Å². The molecule has 0 spiro atoms. The van der Waals surface area contributed by atoms with Crippen molar-refractivity contribution in [3.8, 4) is 11.1 Å². The average molecular weight is 467 g/mol. The molecule has 6 nitrogen and oxygen atoms in total. The minimum atomic E-state index is -0.952. The molecule has 176 valence electrons. The fourth-order valence-electron chi connectivity index (χ4n) is 4.27. The van der Waals surface area contributed by atoms with E-state index in [1.54, 1.807) is 43.5 Å². The molecule has 0 bridgehead atoms. The minimum absolute atomic E-state index is 0.0854. The van der Waals surface area contributed by atoms with Crippen LogP contribution in [0.2, 0.25) is 0 Å². The molecule has 3 aromatic carbocycles. The number of aromatic amines is 1. The van der Waals surface area contributed by atoms with Crippen molar-refractivity contribution >= 4 is 11.7 Å². The molecule has 6 heteroatoms. The van der Waals surface area contributed by atoms with Crippen molar-refractivity contribution in [3.63, 3.8) is 0 Å². The number of aromatic nitrogens is 1. The number of pyridine rings is 1. The first kappa shape index (κ1) is 23.7. The molecule has 4 rings (SSSR count). The second kappa shape index (κ2) is 10.2. The van der Waals surface area contributed by atoms with E-state index in [1.165, 1.54) is 0 Å². The van der Waals surface area contributed by atoms with Crippen LogP contribution in [-0.2, 0) is 0 Å². The highest BCUT2D eigenvalue weighted by Crippen LogP contribution is 2.33. The average Bonchev–Trinajstić information content (AvgIpc) is 2.87. The van der Waals surface area contributed by atoms with Gasteiger partial charge in [0.15, 0.2) is 0 Å². The molecular formula is C29H26N2O4. The highest BCUT2D eigenvalue weighted by Gasteiger charge is 2.21. The summed E-state index contributed by atoms with van der Waals surface area (Å²) in [5, 5.41) is 22.6. The Morgan fingerprint density at radius 1 is 0.886 bits per heavy atom. The minimum Gasteiger partial charge on any atom is -0.478 e. The lowest BCUT2D eigenvalue weighted by Gasteiger charge is -2.21. The molecule has 0 fully saturated rings. The summed E-state index contributed by atoms with van der Waals surface area (Å²) in [4.78, 5) is 25.6. The number of hydrogen-bond donors (Lipinski definition) is 3. The van der Waals surface area contributed by atoms with Gasteiger partial charge in [-0.25, -0.2) is 4.79 Å². The Labute approximate surface area is 203 Å². The van der Waals surface area contributed by atoms with Gasteiger partial charge in [0.25, 0.3) is 5.56 Å². The van der Waals surface area contributed by atoms with Crippen LogP contribution in [0.5, 0.6) is 0 Å². The van der Waals surface area contributed by atoms with Crippen LogP contribution in [0.1, 0.15) is 50.5 Å². The van der Waals surface area contributed by atoms with Gasteiger partial charge in [-0.3, -0.25) is 4.79 Å². The third-order valence-corrected chi connectivity index (χ3v) is 6.28. The van der Waals surface area contributed by atoms with E-state index >= 15 is 0 Å². The Hall–Kier alpha value is -4.45. The molecule has 0 saturated heterocycles. The van der Waals surface area contributed by atoms with Crippen LogP contribution in [0.4, 0.5) is 0 Å². The van der Waals surface area contributed by atoms with Gasteiger partial charge in [0.05, 0.1) is 11.3 Å². The maximum Gasteiger partial charge on any atom is 0.335 e. The molecule has 0 radical (unpaired) electrons. The molecule has 1 unspecified atom stereocenters. The SMILES string of the molecule is Cc1ccccc1C(C/C(=N\O)c1c[nH]c(=O)c(C)c1)c1ccc(-c2ccc(C(=O)O)cc2)cc1. The van der Waals surface area contributed by atoms with Gasteiger partial charge in [0, 0.05) is 29.7 Å². The summed E-state index contributed by atoms with van der Waals surface area (Å²) >= 11 is 0. The number of nitrogens with zero attached hydrogens (tertiary/aromatic N) is 1. The molecule has 0 aliphatic rings. The highest BCUT2D eigenvalue weighted by atomic mass is 16.4. The monoisotopic (exact) mass is 466 g/mol. The van der Waals surface area contributed by atoms with Crippen LogP contribution in [-0.4, -0.2) is 27.0 Å². The van der Waals surface area contributed by atoms with E-state index in [-0.39, 0.29) is 17.0 Å². The lowest BCUT2D eigenvalue weighted by molar-refractivity contribution is 0.0697. The molecule has 0 aliphatic carbocycles. The van der Waals surface area contributed by atoms with Gasteiger partial charge in [0.2, 0.25) is 0 Å². The van der Waals surface area contributed by atoms with Crippen LogP contribution >= 0.6 is 0 Å². The smallest absolute Gasteiger partial charge is 0.335 e. The number of carboxylic acids is 1. The summed E-state index contributed by atoms with van der Waals surface area (Å²) in [5.74, 6) is -1.04. The van der Waals surface area contributed by atoms with Crippen molar-refractivity contribution in [2.75, 3.05) is 0 Å². The number of oxime groups is 1. The molecule has 4 aromatic rings. The summed E-state index contributed by atoms with van der Waals surface area (Å²) in [6.07, 6.45) is 2.00. The fraction of sp³-hybridized carbons (Fsp3) is 0.138. The summed E-state index contributed by atoms with van der Waals surface area (Å²) in [5.41, 5.74) is 6.96. The molecule has 1 aromatic heterocycles. The number of rotatable bonds is 7. The topological polar surface area (TPSA) is 103 Å². The molecule has 1 atom stereocenters. The Kier molecular flexibility index (Phi) is 6.92. The van der Waals surface area contributed by atoms with Crippen molar-refractivity contribution in [1.82, 2.24) is 4.98 Å². The van der Waals surface area contributed by atoms with Crippen molar-refractivity contribution in [1.29, 1.82) is 0 Å². The van der Waals surface area contributed by atoms with Crippen LogP contribution in [0.15, 0.2) is 95.0 Å². The second-order valence-electron chi connectivity index (χ2n) is 8.56. The van der Waals surface area contributed by atoms with Gasteiger partial charge in [-0.05, 0) is 59.9 Å². The first-order valence-electron chi connectivity index (χ1n) is 11.3. The molecule has 0 amide bonds. The number of carbonyl (C=O) groups is 1.